The Bertz CT molecular complexity index is 1510. The number of carbonyl (C=O) groups is 2. The SMILES string of the molecule is CCN(CC)CCO/N=C1\c2sc(S(C)(=O)=O)c(-c3ccc([N+](=O)[O-])cc3)c2-n2cccc21.O=C(O)C(=O)O. The molecule has 39 heavy (non-hydrogen) atoms. The van der Waals surface area contributed by atoms with E-state index < -0.39 is 26.7 Å². The first-order valence-electron chi connectivity index (χ1n) is 11.6. The highest BCUT2D eigenvalue weighted by molar-refractivity contribution is 7.93. The molecule has 4 rings (SSSR count). The molecule has 0 saturated carbocycles. The largest absolute Gasteiger partial charge is 0.473 e. The summed E-state index contributed by atoms with van der Waals surface area (Å²) < 4.78 is 27.4. The molecule has 208 valence electrons. The molecular weight excluding hydrogens is 552 g/mol. The summed E-state index contributed by atoms with van der Waals surface area (Å²) in [4.78, 5) is 37.3. The number of rotatable bonds is 9. The maximum atomic E-state index is 12.7. The number of hydrogen-bond donors (Lipinski definition) is 2. The van der Waals surface area contributed by atoms with Crippen molar-refractivity contribution in [1.29, 1.82) is 0 Å². The van der Waals surface area contributed by atoms with Crippen LogP contribution in [0, 0.1) is 10.1 Å². The van der Waals surface area contributed by atoms with Crippen molar-refractivity contribution in [3.05, 3.63) is 63.3 Å². The van der Waals surface area contributed by atoms with Crippen molar-refractivity contribution in [1.82, 2.24) is 9.47 Å². The lowest BCUT2D eigenvalue weighted by Gasteiger charge is -2.16. The second kappa shape index (κ2) is 12.2. The third-order valence-corrected chi connectivity index (χ3v) is 8.75. The molecule has 0 unspecified atom stereocenters. The van der Waals surface area contributed by atoms with E-state index in [1.165, 1.54) is 12.1 Å². The van der Waals surface area contributed by atoms with Crippen LogP contribution in [0.1, 0.15) is 24.4 Å². The van der Waals surface area contributed by atoms with Gasteiger partial charge in [-0.1, -0.05) is 19.0 Å². The van der Waals surface area contributed by atoms with Gasteiger partial charge in [-0.3, -0.25) is 10.1 Å². The Morgan fingerprint density at radius 1 is 1.13 bits per heavy atom. The number of non-ortho nitro benzene ring substituents is 1. The van der Waals surface area contributed by atoms with Crippen molar-refractivity contribution < 1.29 is 38.0 Å². The molecular formula is C24H26N4O9S2. The maximum Gasteiger partial charge on any atom is 0.414 e. The van der Waals surface area contributed by atoms with Gasteiger partial charge in [0, 0.05) is 36.7 Å². The van der Waals surface area contributed by atoms with E-state index in [0.717, 1.165) is 42.9 Å². The summed E-state index contributed by atoms with van der Waals surface area (Å²) in [6, 6.07) is 9.67. The van der Waals surface area contributed by atoms with Crippen LogP contribution in [0.2, 0.25) is 0 Å². The van der Waals surface area contributed by atoms with Gasteiger partial charge in [-0.15, -0.1) is 11.3 Å². The van der Waals surface area contributed by atoms with Gasteiger partial charge < -0.3 is 24.5 Å². The first kappa shape index (κ1) is 29.5. The van der Waals surface area contributed by atoms with E-state index in [4.69, 9.17) is 24.6 Å². The molecule has 1 aromatic carbocycles. The Morgan fingerprint density at radius 3 is 2.26 bits per heavy atom. The quantitative estimate of drug-likeness (QED) is 0.130. The number of aromatic nitrogens is 1. The molecule has 3 aromatic rings. The zero-order chi connectivity index (χ0) is 28.9. The molecule has 13 nitrogen and oxygen atoms in total. The predicted molar refractivity (Wildman–Crippen MR) is 143 cm³/mol. The van der Waals surface area contributed by atoms with E-state index in [9.17, 15) is 18.5 Å². The number of carboxylic acid groups (broad SMARTS) is 2. The van der Waals surface area contributed by atoms with Gasteiger partial charge >= 0.3 is 11.9 Å². The van der Waals surface area contributed by atoms with Crippen LogP contribution in [-0.2, 0) is 24.3 Å². The number of nitrogens with zero attached hydrogens (tertiary/aromatic N) is 4. The van der Waals surface area contributed by atoms with E-state index in [1.807, 2.05) is 22.9 Å². The molecule has 2 aromatic heterocycles. The standard InChI is InChI=1S/C22H24N4O5S2.C2H2O4/c1-4-24(5-2)13-14-31-23-19-17-7-6-12-25(17)20-18(22(32-21(19)20)33(3,29)30)15-8-10-16(11-9-15)26(27)28;3-1(4)2(5)6/h6-12H,4-5,13-14H2,1-3H3;(H,3,4)(H,5,6)/b23-19-;. The van der Waals surface area contributed by atoms with E-state index in [2.05, 4.69) is 23.9 Å². The second-order valence-electron chi connectivity index (χ2n) is 8.19. The minimum atomic E-state index is -3.57. The van der Waals surface area contributed by atoms with Crippen LogP contribution in [0.25, 0.3) is 16.8 Å². The van der Waals surface area contributed by atoms with Crippen LogP contribution in [0.5, 0.6) is 0 Å². The lowest BCUT2D eigenvalue weighted by Crippen LogP contribution is -2.26. The number of sulfone groups is 1. The number of thiophene rings is 1. The molecule has 0 fully saturated rings. The maximum absolute atomic E-state index is 12.7. The zero-order valence-corrected chi connectivity index (χ0v) is 22.9. The smallest absolute Gasteiger partial charge is 0.414 e. The van der Waals surface area contributed by atoms with Crippen molar-refractivity contribution in [2.45, 2.75) is 18.1 Å². The molecule has 0 aliphatic carbocycles. The van der Waals surface area contributed by atoms with Crippen molar-refractivity contribution in [3.8, 4) is 16.8 Å². The number of nitro groups is 1. The Labute approximate surface area is 227 Å². The Morgan fingerprint density at radius 2 is 1.74 bits per heavy atom. The lowest BCUT2D eigenvalue weighted by molar-refractivity contribution is -0.384. The zero-order valence-electron chi connectivity index (χ0n) is 21.2. The van der Waals surface area contributed by atoms with Crippen LogP contribution in [0.4, 0.5) is 5.69 Å². The molecule has 0 radical (unpaired) electrons. The summed E-state index contributed by atoms with van der Waals surface area (Å²) >= 11 is 1.14. The van der Waals surface area contributed by atoms with E-state index in [1.54, 1.807) is 12.1 Å². The molecule has 0 bridgehead atoms. The number of aliphatic carboxylic acids is 2. The fourth-order valence-electron chi connectivity index (χ4n) is 3.85. The Hall–Kier alpha value is -4.08. The Kier molecular flexibility index (Phi) is 9.21. The fraction of sp³-hybridized carbons (Fsp3) is 0.292. The highest BCUT2D eigenvalue weighted by Crippen LogP contribution is 2.47. The average Bonchev–Trinajstić information content (AvgIpc) is 3.57. The molecule has 15 heteroatoms. The van der Waals surface area contributed by atoms with Crippen LogP contribution in [0.15, 0.2) is 52.0 Å². The molecule has 3 heterocycles. The van der Waals surface area contributed by atoms with Crippen LogP contribution in [-0.4, -0.2) is 83.2 Å². The van der Waals surface area contributed by atoms with Gasteiger partial charge in [0.2, 0.25) is 0 Å². The van der Waals surface area contributed by atoms with E-state index in [-0.39, 0.29) is 9.90 Å². The lowest BCUT2D eigenvalue weighted by atomic mass is 10.1. The summed E-state index contributed by atoms with van der Waals surface area (Å²) in [5.74, 6) is -3.65. The third-order valence-electron chi connectivity index (χ3n) is 5.73. The van der Waals surface area contributed by atoms with Gasteiger partial charge in [-0.05, 0) is 42.9 Å². The number of benzene rings is 1. The van der Waals surface area contributed by atoms with E-state index in [0.29, 0.717) is 34.0 Å². The van der Waals surface area contributed by atoms with Crippen LogP contribution in [0.3, 0.4) is 0 Å². The molecule has 2 N–H and O–H groups in total. The number of hydrogen-bond acceptors (Lipinski definition) is 10. The van der Waals surface area contributed by atoms with Crippen molar-refractivity contribution in [3.63, 3.8) is 0 Å². The molecule has 0 spiro atoms. The Balaban J connectivity index is 0.000000631. The number of nitro benzene ring substituents is 1. The summed E-state index contributed by atoms with van der Waals surface area (Å²) in [6.07, 6.45) is 3.01. The fourth-order valence-corrected chi connectivity index (χ4v) is 6.33. The molecule has 0 amide bonds. The van der Waals surface area contributed by atoms with Gasteiger partial charge in [-0.25, -0.2) is 18.0 Å². The van der Waals surface area contributed by atoms with Gasteiger partial charge in [-0.2, -0.15) is 0 Å². The third kappa shape index (κ3) is 6.50. The number of fused-ring (bicyclic) bond motifs is 3. The van der Waals surface area contributed by atoms with Crippen molar-refractivity contribution in [2.75, 3.05) is 32.5 Å². The highest BCUT2D eigenvalue weighted by atomic mass is 32.2. The number of oxime groups is 1. The summed E-state index contributed by atoms with van der Waals surface area (Å²) in [5.41, 5.74) is 3.12. The molecule has 1 aliphatic rings. The predicted octanol–water partition coefficient (Wildman–Crippen LogP) is 3.10. The van der Waals surface area contributed by atoms with Gasteiger partial charge in [0.15, 0.2) is 9.84 Å². The molecule has 0 saturated heterocycles. The molecule has 0 atom stereocenters. The second-order valence-corrected chi connectivity index (χ2v) is 11.4. The number of carboxylic acids is 2. The first-order chi connectivity index (χ1) is 18.4. The topological polar surface area (TPSA) is 182 Å². The first-order valence-corrected chi connectivity index (χ1v) is 14.3. The monoisotopic (exact) mass is 578 g/mol. The summed E-state index contributed by atoms with van der Waals surface area (Å²) in [5, 5.41) is 30.2. The van der Waals surface area contributed by atoms with Crippen LogP contribution >= 0.6 is 11.3 Å². The average molecular weight is 579 g/mol. The van der Waals surface area contributed by atoms with E-state index >= 15 is 0 Å². The van der Waals surface area contributed by atoms with Gasteiger partial charge in [0.1, 0.15) is 16.5 Å². The summed E-state index contributed by atoms with van der Waals surface area (Å²) in [6.45, 7) is 7.17. The number of likely N-dealkylation sites (N-methyl/N-ethyl adjacent to an activating group) is 1. The minimum absolute atomic E-state index is 0.0583. The molecule has 1 aliphatic heterocycles. The van der Waals surface area contributed by atoms with Crippen LogP contribution < -0.4 is 0 Å². The highest BCUT2D eigenvalue weighted by Gasteiger charge is 2.35. The summed E-state index contributed by atoms with van der Waals surface area (Å²) in [7, 11) is -3.57. The normalized spacial score (nSPS) is 13.0. The minimum Gasteiger partial charge on any atom is -0.473 e. The van der Waals surface area contributed by atoms with Gasteiger partial charge in [0.25, 0.3) is 5.69 Å². The van der Waals surface area contributed by atoms with Crippen molar-refractivity contribution >= 4 is 44.5 Å². The van der Waals surface area contributed by atoms with Gasteiger partial charge in [0.05, 0.1) is 21.2 Å². The van der Waals surface area contributed by atoms with Crippen molar-refractivity contribution in [2.24, 2.45) is 5.16 Å².